The molecule has 7 heteroatoms. The van der Waals surface area contributed by atoms with Crippen LogP contribution in [0.1, 0.15) is 5.56 Å². The van der Waals surface area contributed by atoms with Gasteiger partial charge in [0.25, 0.3) is 5.56 Å². The van der Waals surface area contributed by atoms with E-state index in [0.717, 1.165) is 0 Å². The largest absolute Gasteiger partial charge is 0.486 e. The van der Waals surface area contributed by atoms with Crippen LogP contribution in [0, 0.1) is 5.82 Å². The molecule has 26 heavy (non-hydrogen) atoms. The lowest BCUT2D eigenvalue weighted by Crippen LogP contribution is -2.21. The molecule has 0 saturated heterocycles. The van der Waals surface area contributed by atoms with Gasteiger partial charge in [0.2, 0.25) is 0 Å². The highest BCUT2D eigenvalue weighted by Crippen LogP contribution is 2.31. The van der Waals surface area contributed by atoms with Crippen molar-refractivity contribution in [3.63, 3.8) is 0 Å². The minimum atomic E-state index is -0.289. The van der Waals surface area contributed by atoms with Crippen LogP contribution in [0.5, 0.6) is 11.5 Å². The molecule has 0 radical (unpaired) electrons. The highest BCUT2D eigenvalue weighted by molar-refractivity contribution is 7.98. The van der Waals surface area contributed by atoms with Crippen molar-refractivity contribution in [3.05, 3.63) is 76.6 Å². The zero-order chi connectivity index (χ0) is 17.9. The first-order valence-electron chi connectivity index (χ1n) is 8.06. The van der Waals surface area contributed by atoms with Crippen LogP contribution in [0.25, 0.3) is 5.69 Å². The Morgan fingerprint density at radius 3 is 2.77 bits per heavy atom. The highest BCUT2D eigenvalue weighted by Gasteiger charge is 2.14. The van der Waals surface area contributed by atoms with Gasteiger partial charge in [-0.1, -0.05) is 30.0 Å². The fourth-order valence-electron chi connectivity index (χ4n) is 2.64. The van der Waals surface area contributed by atoms with E-state index in [1.54, 1.807) is 48.8 Å². The molecule has 4 rings (SSSR count). The molecule has 3 aromatic rings. The lowest BCUT2D eigenvalue weighted by atomic mass is 10.2. The first-order valence-corrected chi connectivity index (χ1v) is 9.05. The maximum Gasteiger partial charge on any atom is 0.287 e. The average molecular weight is 370 g/mol. The summed E-state index contributed by atoms with van der Waals surface area (Å²) in [5.41, 5.74) is 0.938. The van der Waals surface area contributed by atoms with Crippen LogP contribution in [-0.4, -0.2) is 22.8 Å². The lowest BCUT2D eigenvalue weighted by molar-refractivity contribution is 0.171. The summed E-state index contributed by atoms with van der Waals surface area (Å²) < 4.78 is 26.3. The number of ether oxygens (including phenoxy) is 2. The molecule has 0 bridgehead atoms. The summed E-state index contributed by atoms with van der Waals surface area (Å²) in [6.45, 7) is 0.990. The molecule has 2 aromatic carbocycles. The number of rotatable bonds is 4. The number of nitrogens with zero attached hydrogens (tertiary/aromatic N) is 2. The predicted octanol–water partition coefficient (Wildman–Crippen LogP) is 3.44. The van der Waals surface area contributed by atoms with Crippen molar-refractivity contribution in [3.8, 4) is 17.2 Å². The van der Waals surface area contributed by atoms with Crippen molar-refractivity contribution < 1.29 is 13.9 Å². The molecule has 0 fully saturated rings. The smallest absolute Gasteiger partial charge is 0.287 e. The van der Waals surface area contributed by atoms with E-state index < -0.39 is 0 Å². The zero-order valence-electron chi connectivity index (χ0n) is 13.7. The van der Waals surface area contributed by atoms with Gasteiger partial charge in [0.1, 0.15) is 19.0 Å². The molecule has 0 unspecified atom stereocenters. The van der Waals surface area contributed by atoms with Crippen LogP contribution in [0.2, 0.25) is 0 Å². The second-order valence-electron chi connectivity index (χ2n) is 5.62. The second kappa shape index (κ2) is 7.21. The first kappa shape index (κ1) is 16.7. The van der Waals surface area contributed by atoms with Crippen LogP contribution in [0.3, 0.4) is 0 Å². The molecule has 0 N–H and O–H groups in total. The number of benzene rings is 2. The molecule has 0 amide bonds. The first-order chi connectivity index (χ1) is 12.7. The van der Waals surface area contributed by atoms with E-state index >= 15 is 0 Å². The summed E-state index contributed by atoms with van der Waals surface area (Å²) in [5.74, 6) is 1.32. The van der Waals surface area contributed by atoms with Crippen molar-refractivity contribution in [2.75, 3.05) is 13.2 Å². The van der Waals surface area contributed by atoms with Crippen LogP contribution >= 0.6 is 11.8 Å². The van der Waals surface area contributed by atoms with Crippen molar-refractivity contribution in [2.45, 2.75) is 10.8 Å². The fourth-order valence-corrected chi connectivity index (χ4v) is 3.52. The molecule has 1 aromatic heterocycles. The quantitative estimate of drug-likeness (QED) is 0.659. The normalized spacial score (nSPS) is 12.8. The Morgan fingerprint density at radius 2 is 1.92 bits per heavy atom. The maximum atomic E-state index is 13.8. The van der Waals surface area contributed by atoms with Gasteiger partial charge in [0, 0.05) is 24.2 Å². The Labute approximate surface area is 153 Å². The highest BCUT2D eigenvalue weighted by atomic mass is 32.2. The van der Waals surface area contributed by atoms with Gasteiger partial charge in [0.15, 0.2) is 16.5 Å². The van der Waals surface area contributed by atoms with E-state index in [-0.39, 0.29) is 11.4 Å². The fraction of sp³-hybridized carbons (Fsp3) is 0.158. The van der Waals surface area contributed by atoms with E-state index in [4.69, 9.17) is 9.47 Å². The Bertz CT molecular complexity index is 1010. The number of aromatic nitrogens is 2. The monoisotopic (exact) mass is 370 g/mol. The summed E-state index contributed by atoms with van der Waals surface area (Å²) >= 11 is 1.21. The van der Waals surface area contributed by atoms with Gasteiger partial charge in [0.05, 0.1) is 5.69 Å². The third kappa shape index (κ3) is 3.30. The van der Waals surface area contributed by atoms with E-state index in [2.05, 4.69) is 4.98 Å². The summed E-state index contributed by atoms with van der Waals surface area (Å²) in [4.78, 5) is 16.9. The van der Waals surface area contributed by atoms with Gasteiger partial charge in [-0.2, -0.15) is 0 Å². The van der Waals surface area contributed by atoms with E-state index in [1.165, 1.54) is 22.4 Å². The molecule has 0 spiro atoms. The minimum Gasteiger partial charge on any atom is -0.486 e. The van der Waals surface area contributed by atoms with Crippen molar-refractivity contribution in [1.29, 1.82) is 0 Å². The summed E-state index contributed by atoms with van der Waals surface area (Å²) in [7, 11) is 0. The van der Waals surface area contributed by atoms with Gasteiger partial charge in [-0.3, -0.25) is 9.36 Å². The van der Waals surface area contributed by atoms with Gasteiger partial charge in [-0.15, -0.1) is 0 Å². The molecule has 1 aliphatic heterocycles. The van der Waals surface area contributed by atoms with Crippen LogP contribution in [-0.2, 0) is 5.75 Å². The Hall–Kier alpha value is -2.80. The lowest BCUT2D eigenvalue weighted by Gasteiger charge is -2.19. The van der Waals surface area contributed by atoms with Gasteiger partial charge in [-0.25, -0.2) is 9.37 Å². The van der Waals surface area contributed by atoms with Crippen molar-refractivity contribution >= 4 is 11.8 Å². The molecular weight excluding hydrogens is 355 g/mol. The third-order valence-electron chi connectivity index (χ3n) is 3.94. The number of hydrogen-bond acceptors (Lipinski definition) is 5. The van der Waals surface area contributed by atoms with Crippen LogP contribution in [0.4, 0.5) is 4.39 Å². The number of fused-ring (bicyclic) bond motifs is 1. The molecule has 1 aliphatic rings. The van der Waals surface area contributed by atoms with E-state index in [0.29, 0.717) is 46.7 Å². The summed E-state index contributed by atoms with van der Waals surface area (Å²) in [6, 6.07) is 11.8. The topological polar surface area (TPSA) is 53.4 Å². The van der Waals surface area contributed by atoms with Crippen molar-refractivity contribution in [1.82, 2.24) is 9.55 Å². The Balaban J connectivity index is 1.62. The Kier molecular flexibility index (Phi) is 4.62. The zero-order valence-corrected chi connectivity index (χ0v) is 14.5. The van der Waals surface area contributed by atoms with Gasteiger partial charge < -0.3 is 9.47 Å². The Morgan fingerprint density at radius 1 is 1.12 bits per heavy atom. The van der Waals surface area contributed by atoms with Crippen LogP contribution < -0.4 is 15.0 Å². The molecule has 2 heterocycles. The second-order valence-corrected chi connectivity index (χ2v) is 6.58. The van der Waals surface area contributed by atoms with Crippen LogP contribution in [0.15, 0.2) is 64.7 Å². The number of thioether (sulfide) groups is 1. The molecule has 132 valence electrons. The molecule has 5 nitrogen and oxygen atoms in total. The number of hydrogen-bond donors (Lipinski definition) is 0. The molecule has 0 saturated carbocycles. The standard InChI is InChI=1S/C19H15FN2O3S/c20-15-4-2-1-3-13(15)12-26-18-19(23)22(8-7-21-18)14-5-6-16-17(11-14)25-10-9-24-16/h1-8,11H,9-10,12H2. The van der Waals surface area contributed by atoms with E-state index in [1.807, 2.05) is 0 Å². The SMILES string of the molecule is O=c1c(SCc2ccccc2F)nccn1-c1ccc2c(c1)OCCO2. The van der Waals surface area contributed by atoms with Crippen molar-refractivity contribution in [2.24, 2.45) is 0 Å². The third-order valence-corrected chi connectivity index (χ3v) is 4.94. The molecule has 0 atom stereocenters. The average Bonchev–Trinajstić information content (AvgIpc) is 2.68. The minimum absolute atomic E-state index is 0.259. The summed E-state index contributed by atoms with van der Waals surface area (Å²) in [6.07, 6.45) is 3.16. The summed E-state index contributed by atoms with van der Waals surface area (Å²) in [5, 5.41) is 0.311. The predicted molar refractivity (Wildman–Crippen MR) is 96.8 cm³/mol. The van der Waals surface area contributed by atoms with Gasteiger partial charge in [-0.05, 0) is 23.8 Å². The number of halogens is 1. The molecule has 0 aliphatic carbocycles. The van der Waals surface area contributed by atoms with Gasteiger partial charge >= 0.3 is 0 Å². The molecular formula is C19H15FN2O3S. The van der Waals surface area contributed by atoms with E-state index in [9.17, 15) is 9.18 Å². The maximum absolute atomic E-state index is 13.8.